The highest BCUT2D eigenvalue weighted by atomic mass is 15.3. The molecule has 1 aliphatic rings. The lowest BCUT2D eigenvalue weighted by molar-refractivity contribution is 0.0735. The monoisotopic (exact) mass is 200 g/mol. The standard InChI is InChI=1S/C10H24N4/c1-4-13(2)8-10(12)6-5-7-14(3)9(10)11/h9H,4-8,11-12H2,1-3H3. The van der Waals surface area contributed by atoms with E-state index in [0.29, 0.717) is 0 Å². The molecular weight excluding hydrogens is 176 g/mol. The number of hydrogen-bond donors (Lipinski definition) is 2. The lowest BCUT2D eigenvalue weighted by Gasteiger charge is -2.46. The summed E-state index contributed by atoms with van der Waals surface area (Å²) in [5, 5.41) is 0. The first-order valence-corrected chi connectivity index (χ1v) is 5.43. The summed E-state index contributed by atoms with van der Waals surface area (Å²) in [6, 6.07) is 0. The zero-order valence-corrected chi connectivity index (χ0v) is 9.66. The number of likely N-dealkylation sites (N-methyl/N-ethyl adjacent to an activating group) is 2. The summed E-state index contributed by atoms with van der Waals surface area (Å²) in [4.78, 5) is 4.39. The first kappa shape index (κ1) is 11.9. The van der Waals surface area contributed by atoms with Crippen LogP contribution in [0.3, 0.4) is 0 Å². The Kier molecular flexibility index (Phi) is 3.89. The van der Waals surface area contributed by atoms with Crippen molar-refractivity contribution < 1.29 is 0 Å². The van der Waals surface area contributed by atoms with Crippen LogP contribution in [0, 0.1) is 0 Å². The van der Waals surface area contributed by atoms with E-state index in [9.17, 15) is 0 Å². The summed E-state index contributed by atoms with van der Waals surface area (Å²) < 4.78 is 0. The summed E-state index contributed by atoms with van der Waals surface area (Å²) in [5.41, 5.74) is 12.3. The average molecular weight is 200 g/mol. The van der Waals surface area contributed by atoms with Gasteiger partial charge in [0.05, 0.1) is 11.7 Å². The molecule has 1 aliphatic heterocycles. The van der Waals surface area contributed by atoms with Crippen LogP contribution in [0.4, 0.5) is 0 Å². The third-order valence-corrected chi connectivity index (χ3v) is 3.32. The summed E-state index contributed by atoms with van der Waals surface area (Å²) in [5.74, 6) is 0. The minimum atomic E-state index is -0.238. The van der Waals surface area contributed by atoms with Gasteiger partial charge in [0.2, 0.25) is 0 Å². The highest BCUT2D eigenvalue weighted by molar-refractivity contribution is 4.98. The largest absolute Gasteiger partial charge is 0.322 e. The normalized spacial score (nSPS) is 35.1. The van der Waals surface area contributed by atoms with Gasteiger partial charge in [0, 0.05) is 6.54 Å². The highest BCUT2D eigenvalue weighted by Crippen LogP contribution is 2.22. The van der Waals surface area contributed by atoms with Crippen LogP contribution in [-0.4, -0.2) is 55.2 Å². The Morgan fingerprint density at radius 1 is 1.57 bits per heavy atom. The van der Waals surface area contributed by atoms with E-state index in [1.807, 2.05) is 0 Å². The van der Waals surface area contributed by atoms with Crippen molar-refractivity contribution in [2.45, 2.75) is 31.5 Å². The number of nitrogens with two attached hydrogens (primary N) is 2. The van der Waals surface area contributed by atoms with Crippen LogP contribution in [-0.2, 0) is 0 Å². The molecule has 1 fully saturated rings. The lowest BCUT2D eigenvalue weighted by Crippen LogP contribution is -2.68. The van der Waals surface area contributed by atoms with Crippen LogP contribution in [0.1, 0.15) is 19.8 Å². The van der Waals surface area contributed by atoms with Crippen LogP contribution in [0.2, 0.25) is 0 Å². The summed E-state index contributed by atoms with van der Waals surface area (Å²) >= 11 is 0. The fourth-order valence-electron chi connectivity index (χ4n) is 2.17. The van der Waals surface area contributed by atoms with Crippen molar-refractivity contribution in [1.82, 2.24) is 9.80 Å². The molecule has 0 radical (unpaired) electrons. The van der Waals surface area contributed by atoms with E-state index in [4.69, 9.17) is 11.5 Å². The van der Waals surface area contributed by atoms with Gasteiger partial charge in [-0.05, 0) is 40.0 Å². The van der Waals surface area contributed by atoms with E-state index in [0.717, 1.165) is 32.5 Å². The van der Waals surface area contributed by atoms with Crippen molar-refractivity contribution in [3.05, 3.63) is 0 Å². The predicted molar refractivity (Wildman–Crippen MR) is 59.9 cm³/mol. The maximum Gasteiger partial charge on any atom is 0.0767 e. The van der Waals surface area contributed by atoms with Gasteiger partial charge in [-0.2, -0.15) is 0 Å². The van der Waals surface area contributed by atoms with E-state index in [-0.39, 0.29) is 11.7 Å². The third-order valence-electron chi connectivity index (χ3n) is 3.32. The van der Waals surface area contributed by atoms with Gasteiger partial charge in [-0.25, -0.2) is 0 Å². The van der Waals surface area contributed by atoms with Gasteiger partial charge in [-0.1, -0.05) is 6.92 Å². The highest BCUT2D eigenvalue weighted by Gasteiger charge is 2.38. The maximum absolute atomic E-state index is 6.36. The summed E-state index contributed by atoms with van der Waals surface area (Å²) in [6.07, 6.45) is 2.17. The number of rotatable bonds is 3. The van der Waals surface area contributed by atoms with Crippen LogP contribution in [0.5, 0.6) is 0 Å². The van der Waals surface area contributed by atoms with E-state index in [2.05, 4.69) is 30.8 Å². The molecule has 0 bridgehead atoms. The number of hydrogen-bond acceptors (Lipinski definition) is 4. The third kappa shape index (κ3) is 2.45. The van der Waals surface area contributed by atoms with Gasteiger partial charge in [0.15, 0.2) is 0 Å². The van der Waals surface area contributed by atoms with Gasteiger partial charge < -0.3 is 16.4 Å². The molecule has 0 aliphatic carbocycles. The molecule has 14 heavy (non-hydrogen) atoms. The van der Waals surface area contributed by atoms with Crippen LogP contribution >= 0.6 is 0 Å². The smallest absolute Gasteiger partial charge is 0.0767 e. The number of nitrogens with zero attached hydrogens (tertiary/aromatic N) is 2. The van der Waals surface area contributed by atoms with Gasteiger partial charge in [0.1, 0.15) is 0 Å². The maximum atomic E-state index is 6.36. The molecule has 2 unspecified atom stereocenters. The fraction of sp³-hybridized carbons (Fsp3) is 1.00. The fourth-order valence-corrected chi connectivity index (χ4v) is 2.17. The van der Waals surface area contributed by atoms with Crippen molar-refractivity contribution in [3.63, 3.8) is 0 Å². The number of likely N-dealkylation sites (tertiary alicyclic amines) is 1. The van der Waals surface area contributed by atoms with E-state index in [1.165, 1.54) is 0 Å². The molecule has 2 atom stereocenters. The Bertz CT molecular complexity index is 185. The van der Waals surface area contributed by atoms with Gasteiger partial charge in [0.25, 0.3) is 0 Å². The van der Waals surface area contributed by atoms with Gasteiger partial charge in [-0.15, -0.1) is 0 Å². The molecule has 0 spiro atoms. The second-order valence-electron chi connectivity index (χ2n) is 4.59. The molecule has 0 aromatic rings. The Morgan fingerprint density at radius 3 is 2.79 bits per heavy atom. The Morgan fingerprint density at radius 2 is 2.21 bits per heavy atom. The minimum Gasteiger partial charge on any atom is -0.322 e. The van der Waals surface area contributed by atoms with E-state index in [1.54, 1.807) is 0 Å². The first-order valence-electron chi connectivity index (χ1n) is 5.43. The topological polar surface area (TPSA) is 58.5 Å². The molecule has 0 aromatic heterocycles. The number of piperidine rings is 1. The quantitative estimate of drug-likeness (QED) is 0.653. The Labute approximate surface area is 87.2 Å². The summed E-state index contributed by atoms with van der Waals surface area (Å²) in [6.45, 7) is 5.11. The molecule has 1 rings (SSSR count). The lowest BCUT2D eigenvalue weighted by atomic mass is 9.86. The average Bonchev–Trinajstić information content (AvgIpc) is 2.14. The second kappa shape index (κ2) is 4.57. The molecule has 4 N–H and O–H groups in total. The van der Waals surface area contributed by atoms with Gasteiger partial charge in [-0.3, -0.25) is 4.90 Å². The zero-order valence-electron chi connectivity index (χ0n) is 9.66. The van der Waals surface area contributed by atoms with E-state index < -0.39 is 0 Å². The molecule has 1 heterocycles. The molecular formula is C10H24N4. The van der Waals surface area contributed by atoms with Crippen molar-refractivity contribution in [1.29, 1.82) is 0 Å². The summed E-state index contributed by atoms with van der Waals surface area (Å²) in [7, 11) is 4.15. The molecule has 0 aromatic carbocycles. The first-order chi connectivity index (χ1) is 6.49. The van der Waals surface area contributed by atoms with Crippen LogP contribution < -0.4 is 11.5 Å². The van der Waals surface area contributed by atoms with Crippen molar-refractivity contribution >= 4 is 0 Å². The molecule has 0 saturated carbocycles. The second-order valence-corrected chi connectivity index (χ2v) is 4.59. The van der Waals surface area contributed by atoms with Crippen molar-refractivity contribution in [3.8, 4) is 0 Å². The van der Waals surface area contributed by atoms with E-state index >= 15 is 0 Å². The molecule has 0 amide bonds. The predicted octanol–water partition coefficient (Wildman–Crippen LogP) is -0.354. The van der Waals surface area contributed by atoms with Gasteiger partial charge >= 0.3 is 0 Å². The van der Waals surface area contributed by atoms with Crippen LogP contribution in [0.15, 0.2) is 0 Å². The molecule has 1 saturated heterocycles. The molecule has 84 valence electrons. The Hall–Kier alpha value is -0.160. The zero-order chi connectivity index (χ0) is 10.8. The Balaban J connectivity index is 2.61. The molecule has 4 heteroatoms. The van der Waals surface area contributed by atoms with Crippen molar-refractivity contribution in [2.75, 3.05) is 33.7 Å². The van der Waals surface area contributed by atoms with Crippen LogP contribution in [0.25, 0.3) is 0 Å². The SMILES string of the molecule is CCN(C)CC1(N)CCCN(C)C1N. The van der Waals surface area contributed by atoms with Crippen molar-refractivity contribution in [2.24, 2.45) is 11.5 Å². The minimum absolute atomic E-state index is 0.00903. The molecule has 4 nitrogen and oxygen atoms in total.